The van der Waals surface area contributed by atoms with E-state index in [0.717, 1.165) is 6.08 Å². The van der Waals surface area contributed by atoms with Crippen molar-refractivity contribution in [3.8, 4) is 0 Å². The van der Waals surface area contributed by atoms with Crippen LogP contribution in [0.3, 0.4) is 0 Å². The van der Waals surface area contributed by atoms with Gasteiger partial charge in [-0.1, -0.05) is 24.3 Å². The molecule has 0 fully saturated rings. The minimum Gasteiger partial charge on any atom is -0.301 e. The van der Waals surface area contributed by atoms with Crippen molar-refractivity contribution in [1.29, 1.82) is 0 Å². The van der Waals surface area contributed by atoms with Crippen LogP contribution >= 0.6 is 0 Å². The molecule has 0 aliphatic heterocycles. The Balaban J connectivity index is 2.34. The first-order valence-corrected chi connectivity index (χ1v) is 6.49. The molecule has 2 rings (SSSR count). The fraction of sp³-hybridized carbons (Fsp3) is 0. The highest BCUT2D eigenvalue weighted by atomic mass is 16.6. The van der Waals surface area contributed by atoms with Crippen molar-refractivity contribution in [2.24, 2.45) is 0 Å². The van der Waals surface area contributed by atoms with Gasteiger partial charge in [-0.3, -0.25) is 30.0 Å². The van der Waals surface area contributed by atoms with Crippen LogP contribution in [0.5, 0.6) is 0 Å². The van der Waals surface area contributed by atoms with Gasteiger partial charge in [0.15, 0.2) is 0 Å². The van der Waals surface area contributed by atoms with Gasteiger partial charge in [-0.25, -0.2) is 4.79 Å². The highest BCUT2D eigenvalue weighted by Crippen LogP contribution is 2.19. The van der Waals surface area contributed by atoms with Gasteiger partial charge in [-0.2, -0.15) is 0 Å². The fourth-order valence-electron chi connectivity index (χ4n) is 1.90. The predicted octanol–water partition coefficient (Wildman–Crippen LogP) is 1.61. The van der Waals surface area contributed by atoms with Crippen molar-refractivity contribution in [2.45, 2.75) is 0 Å². The first-order chi connectivity index (χ1) is 11.4. The minimum atomic E-state index is -1.12. The van der Waals surface area contributed by atoms with Crippen LogP contribution in [0.15, 0.2) is 46.0 Å². The van der Waals surface area contributed by atoms with Crippen LogP contribution in [0, 0.1) is 20.2 Å². The zero-order chi connectivity index (χ0) is 17.7. The summed E-state index contributed by atoms with van der Waals surface area (Å²) in [5.74, 6) is 0. The lowest BCUT2D eigenvalue weighted by Gasteiger charge is -1.96. The molecule has 2 aromatic rings. The number of nitrogens with zero attached hydrogens (tertiary/aromatic N) is 2. The van der Waals surface area contributed by atoms with Crippen LogP contribution in [0.4, 0.5) is 11.4 Å². The number of para-hydroxylation sites is 1. The van der Waals surface area contributed by atoms with E-state index in [4.69, 9.17) is 0 Å². The molecule has 1 aromatic carbocycles. The Labute approximate surface area is 133 Å². The average Bonchev–Trinajstić information content (AvgIpc) is 2.50. The van der Waals surface area contributed by atoms with Gasteiger partial charge < -0.3 is 4.98 Å². The number of rotatable bonds is 5. The first-order valence-electron chi connectivity index (χ1n) is 6.49. The van der Waals surface area contributed by atoms with Crippen molar-refractivity contribution >= 4 is 23.5 Å². The Kier molecular flexibility index (Phi) is 4.80. The van der Waals surface area contributed by atoms with Crippen LogP contribution in [0.2, 0.25) is 0 Å². The minimum absolute atomic E-state index is 0.0994. The molecule has 10 heteroatoms. The summed E-state index contributed by atoms with van der Waals surface area (Å²) >= 11 is 0. The van der Waals surface area contributed by atoms with Gasteiger partial charge in [0.25, 0.3) is 5.69 Å². The number of allylic oxidation sites excluding steroid dienone is 2. The van der Waals surface area contributed by atoms with E-state index in [9.17, 15) is 29.8 Å². The van der Waals surface area contributed by atoms with Crippen LogP contribution in [0.25, 0.3) is 12.2 Å². The summed E-state index contributed by atoms with van der Waals surface area (Å²) in [6, 6.07) is 6.01. The normalized spacial score (nSPS) is 11.2. The van der Waals surface area contributed by atoms with Crippen molar-refractivity contribution in [2.75, 3.05) is 0 Å². The Morgan fingerprint density at radius 1 is 0.917 bits per heavy atom. The van der Waals surface area contributed by atoms with Gasteiger partial charge in [0.05, 0.1) is 15.4 Å². The summed E-state index contributed by atoms with van der Waals surface area (Å²) in [7, 11) is 0. The number of H-pyrrole nitrogens is 2. The van der Waals surface area contributed by atoms with Gasteiger partial charge >= 0.3 is 16.9 Å². The maximum absolute atomic E-state index is 11.4. The van der Waals surface area contributed by atoms with Crippen LogP contribution in [-0.2, 0) is 0 Å². The smallest absolute Gasteiger partial charge is 0.301 e. The number of aromatic amines is 2. The molecule has 1 aromatic heterocycles. The molecular weight excluding hydrogens is 320 g/mol. The summed E-state index contributed by atoms with van der Waals surface area (Å²) in [4.78, 5) is 46.8. The van der Waals surface area contributed by atoms with Crippen molar-refractivity contribution in [1.82, 2.24) is 9.97 Å². The summed E-state index contributed by atoms with van der Waals surface area (Å²) < 4.78 is 0. The number of nitrogens with one attached hydrogen (secondary N) is 2. The Bertz CT molecular complexity index is 970. The van der Waals surface area contributed by atoms with E-state index in [1.54, 1.807) is 11.1 Å². The van der Waals surface area contributed by atoms with E-state index >= 15 is 0 Å². The second kappa shape index (κ2) is 6.96. The van der Waals surface area contributed by atoms with Crippen molar-refractivity contribution in [3.05, 3.63) is 88.7 Å². The first kappa shape index (κ1) is 16.5. The number of hydrogen-bond acceptors (Lipinski definition) is 6. The third-order valence-electron chi connectivity index (χ3n) is 2.91. The fourth-order valence-corrected chi connectivity index (χ4v) is 1.90. The van der Waals surface area contributed by atoms with E-state index in [1.165, 1.54) is 36.4 Å². The van der Waals surface area contributed by atoms with E-state index in [1.807, 2.05) is 0 Å². The number of nitro groups is 2. The molecule has 0 unspecified atom stereocenters. The lowest BCUT2D eigenvalue weighted by atomic mass is 10.1. The van der Waals surface area contributed by atoms with Gasteiger partial charge in [-0.15, -0.1) is 0 Å². The number of nitro benzene ring substituents is 1. The monoisotopic (exact) mass is 330 g/mol. The molecule has 0 spiro atoms. The molecule has 0 aliphatic carbocycles. The highest BCUT2D eigenvalue weighted by Gasteiger charge is 2.18. The summed E-state index contributed by atoms with van der Waals surface area (Å²) in [5, 5.41) is 21.7. The molecule has 0 aliphatic rings. The molecule has 0 saturated carbocycles. The van der Waals surface area contributed by atoms with Crippen molar-refractivity contribution < 1.29 is 9.85 Å². The molecule has 24 heavy (non-hydrogen) atoms. The van der Waals surface area contributed by atoms with Gasteiger partial charge in [0, 0.05) is 6.07 Å². The van der Waals surface area contributed by atoms with E-state index < -0.39 is 26.8 Å². The van der Waals surface area contributed by atoms with Gasteiger partial charge in [-0.05, 0) is 18.2 Å². The standard InChI is InChI=1S/C14H10N4O6/c19-13-12(18(23)24)10(15-14(20)16-13)7-3-1-5-9-6-2-4-8-11(9)17(21)22/h1-8H,(H2,15,16,19,20)/b5-1+,7-3+. The molecular formula is C14H10N4O6. The van der Waals surface area contributed by atoms with Crippen LogP contribution < -0.4 is 11.2 Å². The molecule has 0 radical (unpaired) electrons. The maximum atomic E-state index is 11.4. The predicted molar refractivity (Wildman–Crippen MR) is 85.5 cm³/mol. The van der Waals surface area contributed by atoms with Crippen LogP contribution in [0.1, 0.15) is 11.3 Å². The molecule has 0 saturated heterocycles. The lowest BCUT2D eigenvalue weighted by molar-refractivity contribution is -0.386. The zero-order valence-corrected chi connectivity index (χ0v) is 12.0. The molecule has 10 nitrogen and oxygen atoms in total. The number of hydrogen-bond donors (Lipinski definition) is 2. The molecule has 0 bridgehead atoms. The quantitative estimate of drug-likeness (QED) is 0.482. The summed E-state index contributed by atoms with van der Waals surface area (Å²) in [5.41, 5.74) is -2.84. The number of benzene rings is 1. The Hall–Kier alpha value is -3.82. The topological polar surface area (TPSA) is 152 Å². The average molecular weight is 330 g/mol. The molecule has 2 N–H and O–H groups in total. The van der Waals surface area contributed by atoms with E-state index in [0.29, 0.717) is 5.56 Å². The third kappa shape index (κ3) is 3.68. The second-order valence-electron chi connectivity index (χ2n) is 4.46. The largest absolute Gasteiger partial charge is 0.357 e. The summed E-state index contributed by atoms with van der Waals surface area (Å²) in [6.45, 7) is 0. The van der Waals surface area contributed by atoms with Gasteiger partial charge in [0.1, 0.15) is 5.69 Å². The molecule has 122 valence electrons. The second-order valence-corrected chi connectivity index (χ2v) is 4.46. The zero-order valence-electron chi connectivity index (χ0n) is 12.0. The van der Waals surface area contributed by atoms with E-state index in [2.05, 4.69) is 4.98 Å². The van der Waals surface area contributed by atoms with Crippen LogP contribution in [-0.4, -0.2) is 19.8 Å². The lowest BCUT2D eigenvalue weighted by Crippen LogP contribution is -2.25. The summed E-state index contributed by atoms with van der Waals surface area (Å²) in [6.07, 6.45) is 5.28. The Morgan fingerprint density at radius 3 is 2.25 bits per heavy atom. The maximum Gasteiger partial charge on any atom is 0.357 e. The van der Waals surface area contributed by atoms with Gasteiger partial charge in [0.2, 0.25) is 0 Å². The SMILES string of the molecule is O=c1[nH]c(/C=C/C=C/c2ccccc2[N+](=O)[O-])c([N+](=O)[O-])c(=O)[nH]1. The molecule has 0 atom stereocenters. The van der Waals surface area contributed by atoms with E-state index in [-0.39, 0.29) is 11.4 Å². The molecule has 1 heterocycles. The highest BCUT2D eigenvalue weighted by molar-refractivity contribution is 5.64. The van der Waals surface area contributed by atoms with Crippen molar-refractivity contribution in [3.63, 3.8) is 0 Å². The number of aromatic nitrogens is 2. The molecule has 0 amide bonds. The Morgan fingerprint density at radius 2 is 1.58 bits per heavy atom. The third-order valence-corrected chi connectivity index (χ3v) is 2.91.